The maximum atomic E-state index is 13.1. The number of carbonyl (C=O) groups excluding carboxylic acids is 3. The molecule has 2 heterocycles. The molecule has 1 N–H and O–H groups in total. The number of likely N-dealkylation sites (tertiary alicyclic amines) is 2. The fourth-order valence-electron chi connectivity index (χ4n) is 4.87. The van der Waals surface area contributed by atoms with Gasteiger partial charge < -0.3 is 19.5 Å². The Labute approximate surface area is 232 Å². The molecule has 40 heavy (non-hydrogen) atoms. The average Bonchev–Trinajstić information content (AvgIpc) is 2.93. The van der Waals surface area contributed by atoms with Gasteiger partial charge >= 0.3 is 24.1 Å². The number of carboxylic acid groups (broad SMARTS) is 1. The fraction of sp³-hybridized carbons (Fsp3) is 0.643. The smallest absolute Gasteiger partial charge is 0.475 e. The van der Waals surface area contributed by atoms with Crippen molar-refractivity contribution in [1.29, 1.82) is 0 Å². The van der Waals surface area contributed by atoms with E-state index < -0.39 is 17.6 Å². The highest BCUT2D eigenvalue weighted by atomic mass is 19.4. The highest BCUT2D eigenvalue weighted by Crippen LogP contribution is 2.27. The highest BCUT2D eigenvalue weighted by molar-refractivity contribution is 5.94. The second kappa shape index (κ2) is 14.5. The highest BCUT2D eigenvalue weighted by Gasteiger charge is 2.38. The number of hydrogen-bond donors (Lipinski definition) is 1. The summed E-state index contributed by atoms with van der Waals surface area (Å²) in [6.45, 7) is 11.3. The number of rotatable bonds is 7. The molecule has 2 aliphatic heterocycles. The Balaban J connectivity index is 0.000000708. The standard InChI is InChI=1S/C26H38N2O5.C2HF3O2/c1-5-32-24(30)20-8-7-15-28(18-20)22-13-16-27(17-14-22)23(29)19-9-11-21(12-10-19)26(3,4)25(31)33-6-2;3-2(4,5)1(6)7/h9-12,20,22H,5-8,13-18H2,1-4H3;(H,6,7). The molecule has 0 bridgehead atoms. The molecule has 0 spiro atoms. The van der Waals surface area contributed by atoms with Crippen LogP contribution in [0.2, 0.25) is 0 Å². The summed E-state index contributed by atoms with van der Waals surface area (Å²) in [6, 6.07) is 7.71. The van der Waals surface area contributed by atoms with Gasteiger partial charge in [0.25, 0.3) is 5.91 Å². The molecule has 3 rings (SSSR count). The van der Waals surface area contributed by atoms with Crippen LogP contribution in [0.15, 0.2) is 24.3 Å². The molecular weight excluding hydrogens is 533 g/mol. The Morgan fingerprint density at radius 1 is 0.925 bits per heavy atom. The number of ether oxygens (including phenoxy) is 2. The number of hydrogen-bond acceptors (Lipinski definition) is 7. The topological polar surface area (TPSA) is 113 Å². The number of esters is 2. The quantitative estimate of drug-likeness (QED) is 0.487. The van der Waals surface area contributed by atoms with Crippen molar-refractivity contribution < 1.29 is 46.9 Å². The molecule has 2 aliphatic rings. The molecule has 2 saturated heterocycles. The second-order valence-corrected chi connectivity index (χ2v) is 10.3. The molecule has 12 heteroatoms. The summed E-state index contributed by atoms with van der Waals surface area (Å²) < 4.78 is 42.1. The predicted octanol–water partition coefficient (Wildman–Crippen LogP) is 4.04. The van der Waals surface area contributed by atoms with E-state index in [1.165, 1.54) is 0 Å². The van der Waals surface area contributed by atoms with E-state index in [0.717, 1.165) is 44.3 Å². The lowest BCUT2D eigenvalue weighted by Gasteiger charge is -2.41. The largest absolute Gasteiger partial charge is 0.490 e. The van der Waals surface area contributed by atoms with Crippen molar-refractivity contribution in [3.8, 4) is 0 Å². The molecule has 0 aliphatic carbocycles. The Hall–Kier alpha value is -3.15. The van der Waals surface area contributed by atoms with Gasteiger partial charge in [0.1, 0.15) is 0 Å². The lowest BCUT2D eigenvalue weighted by atomic mass is 9.84. The van der Waals surface area contributed by atoms with Crippen molar-refractivity contribution in [3.63, 3.8) is 0 Å². The van der Waals surface area contributed by atoms with E-state index in [1.54, 1.807) is 19.1 Å². The Morgan fingerprint density at radius 3 is 1.98 bits per heavy atom. The zero-order chi connectivity index (χ0) is 30.1. The zero-order valence-electron chi connectivity index (χ0n) is 23.5. The van der Waals surface area contributed by atoms with Crippen LogP contribution in [-0.4, -0.2) is 90.3 Å². The first-order chi connectivity index (χ1) is 18.7. The third-order valence-corrected chi connectivity index (χ3v) is 7.22. The molecule has 1 aromatic rings. The number of aliphatic carboxylic acids is 1. The SMILES string of the molecule is CCOC(=O)C1CCCN(C2CCN(C(=O)c3ccc(C(C)(C)C(=O)OCC)cc3)CC2)C1.O=C(O)C(F)(F)F. The third kappa shape index (κ3) is 8.94. The van der Waals surface area contributed by atoms with Crippen LogP contribution >= 0.6 is 0 Å². The molecule has 1 amide bonds. The molecule has 1 atom stereocenters. The van der Waals surface area contributed by atoms with Gasteiger partial charge in [0.15, 0.2) is 0 Å². The summed E-state index contributed by atoms with van der Waals surface area (Å²) in [5.41, 5.74) is 0.709. The minimum atomic E-state index is -5.08. The second-order valence-electron chi connectivity index (χ2n) is 10.3. The molecule has 2 fully saturated rings. The summed E-state index contributed by atoms with van der Waals surface area (Å²) >= 11 is 0. The van der Waals surface area contributed by atoms with E-state index in [1.807, 2.05) is 37.8 Å². The van der Waals surface area contributed by atoms with Crippen molar-refractivity contribution in [2.75, 3.05) is 39.4 Å². The first-order valence-electron chi connectivity index (χ1n) is 13.5. The van der Waals surface area contributed by atoms with Crippen molar-refractivity contribution in [2.24, 2.45) is 5.92 Å². The lowest BCUT2D eigenvalue weighted by Crippen LogP contribution is -2.50. The van der Waals surface area contributed by atoms with Gasteiger partial charge in [0.05, 0.1) is 24.5 Å². The minimum absolute atomic E-state index is 0.0250. The lowest BCUT2D eigenvalue weighted by molar-refractivity contribution is -0.192. The van der Waals surface area contributed by atoms with E-state index >= 15 is 0 Å². The summed E-state index contributed by atoms with van der Waals surface area (Å²) in [6.07, 6.45) is -1.35. The van der Waals surface area contributed by atoms with E-state index in [4.69, 9.17) is 19.4 Å². The summed E-state index contributed by atoms with van der Waals surface area (Å²) in [5.74, 6) is -3.11. The third-order valence-electron chi connectivity index (χ3n) is 7.22. The number of amides is 1. The molecule has 0 aromatic heterocycles. The van der Waals surface area contributed by atoms with Crippen LogP contribution in [0.1, 0.15) is 69.3 Å². The van der Waals surface area contributed by atoms with Gasteiger partial charge in [-0.2, -0.15) is 13.2 Å². The first-order valence-corrected chi connectivity index (χ1v) is 13.5. The zero-order valence-corrected chi connectivity index (χ0v) is 23.5. The van der Waals surface area contributed by atoms with Crippen LogP contribution in [0, 0.1) is 5.92 Å². The maximum absolute atomic E-state index is 13.1. The van der Waals surface area contributed by atoms with E-state index in [0.29, 0.717) is 37.9 Å². The number of benzene rings is 1. The van der Waals surface area contributed by atoms with Crippen LogP contribution < -0.4 is 0 Å². The number of nitrogens with zero attached hydrogens (tertiary/aromatic N) is 2. The van der Waals surface area contributed by atoms with Gasteiger partial charge in [-0.25, -0.2) is 4.79 Å². The average molecular weight is 573 g/mol. The van der Waals surface area contributed by atoms with E-state index in [2.05, 4.69) is 4.90 Å². The molecule has 1 aromatic carbocycles. The Morgan fingerprint density at radius 2 is 1.48 bits per heavy atom. The van der Waals surface area contributed by atoms with Crippen LogP contribution in [0.25, 0.3) is 0 Å². The van der Waals surface area contributed by atoms with Crippen molar-refractivity contribution >= 4 is 23.8 Å². The maximum Gasteiger partial charge on any atom is 0.490 e. The van der Waals surface area contributed by atoms with Crippen LogP contribution in [0.4, 0.5) is 13.2 Å². The van der Waals surface area contributed by atoms with Crippen LogP contribution in [0.3, 0.4) is 0 Å². The molecule has 0 radical (unpaired) electrons. The fourth-order valence-corrected chi connectivity index (χ4v) is 4.87. The number of carbonyl (C=O) groups is 4. The molecule has 0 saturated carbocycles. The number of halogens is 3. The van der Waals surface area contributed by atoms with Gasteiger partial charge in [0, 0.05) is 31.2 Å². The number of alkyl halides is 3. The van der Waals surface area contributed by atoms with Crippen molar-refractivity contribution in [2.45, 2.75) is 71.0 Å². The number of carboxylic acids is 1. The summed E-state index contributed by atoms with van der Waals surface area (Å²) in [7, 11) is 0. The number of piperidine rings is 2. The van der Waals surface area contributed by atoms with Gasteiger partial charge in [-0.1, -0.05) is 12.1 Å². The van der Waals surface area contributed by atoms with Crippen molar-refractivity contribution in [3.05, 3.63) is 35.4 Å². The van der Waals surface area contributed by atoms with E-state index in [9.17, 15) is 27.6 Å². The molecular formula is C28H39F3N2O7. The summed E-state index contributed by atoms with van der Waals surface area (Å²) in [4.78, 5) is 50.7. The van der Waals surface area contributed by atoms with Crippen LogP contribution in [-0.2, 0) is 29.3 Å². The van der Waals surface area contributed by atoms with Gasteiger partial charge in [0.2, 0.25) is 0 Å². The Kier molecular flexibility index (Phi) is 12.0. The normalized spacial score (nSPS) is 18.8. The molecule has 1 unspecified atom stereocenters. The first kappa shape index (κ1) is 33.1. The van der Waals surface area contributed by atoms with Crippen molar-refractivity contribution in [1.82, 2.24) is 9.80 Å². The molecule has 224 valence electrons. The molecule has 9 nitrogen and oxygen atoms in total. The Bertz CT molecular complexity index is 1020. The van der Waals surface area contributed by atoms with Gasteiger partial charge in [-0.15, -0.1) is 0 Å². The monoisotopic (exact) mass is 572 g/mol. The minimum Gasteiger partial charge on any atom is -0.475 e. The van der Waals surface area contributed by atoms with Crippen LogP contribution in [0.5, 0.6) is 0 Å². The van der Waals surface area contributed by atoms with Gasteiger partial charge in [-0.3, -0.25) is 19.3 Å². The predicted molar refractivity (Wildman–Crippen MR) is 140 cm³/mol. The summed E-state index contributed by atoms with van der Waals surface area (Å²) in [5, 5.41) is 7.12. The van der Waals surface area contributed by atoms with E-state index in [-0.39, 0.29) is 23.8 Å². The van der Waals surface area contributed by atoms with Gasteiger partial charge in [-0.05, 0) is 77.6 Å².